The number of rotatable bonds is 3. The van der Waals surface area contributed by atoms with Gasteiger partial charge in [-0.05, 0) is 32.4 Å². The molecule has 21 heavy (non-hydrogen) atoms. The van der Waals surface area contributed by atoms with Crippen molar-refractivity contribution in [2.75, 3.05) is 5.32 Å². The molecule has 0 saturated carbocycles. The standard InChI is InChI=1S/C13H16BF3NO2.K/c1-13(2,3)20-12(19)18-11-7-5-4-6-10(11)8-9-14(15,16)17;/h4-9H,1-3H3,(H,18,19);/q-1;+1/b9-8+;. The summed E-state index contributed by atoms with van der Waals surface area (Å²) in [5.41, 5.74) is -0.153. The molecule has 110 valence electrons. The van der Waals surface area contributed by atoms with Crippen LogP contribution in [0.5, 0.6) is 0 Å². The molecule has 1 amide bonds. The van der Waals surface area contributed by atoms with Crippen LogP contribution in [-0.2, 0) is 4.74 Å². The van der Waals surface area contributed by atoms with E-state index in [0.29, 0.717) is 0 Å². The molecule has 3 nitrogen and oxygen atoms in total. The van der Waals surface area contributed by atoms with Gasteiger partial charge in [0, 0.05) is 0 Å². The van der Waals surface area contributed by atoms with Crippen LogP contribution < -0.4 is 56.7 Å². The average molecular weight is 325 g/mol. The van der Waals surface area contributed by atoms with Crippen LogP contribution in [0.25, 0.3) is 6.08 Å². The van der Waals surface area contributed by atoms with Gasteiger partial charge in [-0.15, -0.1) is 5.98 Å². The topological polar surface area (TPSA) is 38.3 Å². The predicted molar refractivity (Wildman–Crippen MR) is 74.4 cm³/mol. The van der Waals surface area contributed by atoms with Crippen molar-refractivity contribution in [2.24, 2.45) is 0 Å². The van der Waals surface area contributed by atoms with Crippen LogP contribution in [0.15, 0.2) is 30.2 Å². The number of carbonyl (C=O) groups is 1. The van der Waals surface area contributed by atoms with Gasteiger partial charge >= 0.3 is 64.5 Å². The van der Waals surface area contributed by atoms with Crippen molar-refractivity contribution in [1.29, 1.82) is 0 Å². The summed E-state index contributed by atoms with van der Waals surface area (Å²) in [4.78, 5) is 11.6. The second kappa shape index (κ2) is 8.38. The van der Waals surface area contributed by atoms with E-state index in [0.717, 1.165) is 6.08 Å². The number of halogens is 3. The monoisotopic (exact) mass is 325 g/mol. The van der Waals surface area contributed by atoms with E-state index in [2.05, 4.69) is 5.32 Å². The van der Waals surface area contributed by atoms with Crippen molar-refractivity contribution in [1.82, 2.24) is 0 Å². The molecule has 0 aromatic heterocycles. The van der Waals surface area contributed by atoms with Gasteiger partial charge in [-0.25, -0.2) is 4.79 Å². The number of nitrogens with one attached hydrogen (secondary N) is 1. The number of ether oxygens (including phenoxy) is 1. The van der Waals surface area contributed by atoms with E-state index in [-0.39, 0.29) is 68.6 Å². The fourth-order valence-electron chi connectivity index (χ4n) is 1.38. The Hall–Kier alpha value is -0.279. The number of benzene rings is 1. The van der Waals surface area contributed by atoms with Gasteiger partial charge in [0.15, 0.2) is 0 Å². The second-order valence-electron chi connectivity index (χ2n) is 5.20. The van der Waals surface area contributed by atoms with Crippen molar-refractivity contribution in [3.63, 3.8) is 0 Å². The molecule has 0 radical (unpaired) electrons. The van der Waals surface area contributed by atoms with Crippen molar-refractivity contribution < 1.29 is 73.9 Å². The zero-order valence-corrected chi connectivity index (χ0v) is 15.6. The SMILES string of the molecule is CC(C)(C)OC(=O)Nc1ccccc1/C=C/[B-](F)(F)F.[K+]. The Bertz CT molecular complexity index is 513. The van der Waals surface area contributed by atoms with E-state index >= 15 is 0 Å². The minimum atomic E-state index is -5.02. The van der Waals surface area contributed by atoms with Gasteiger partial charge in [0.05, 0.1) is 5.69 Å². The Morgan fingerprint density at radius 3 is 2.33 bits per heavy atom. The maximum Gasteiger partial charge on any atom is 1.00 e. The molecule has 1 N–H and O–H groups in total. The maximum absolute atomic E-state index is 12.2. The van der Waals surface area contributed by atoms with Crippen molar-refractivity contribution >= 4 is 24.8 Å². The van der Waals surface area contributed by atoms with Gasteiger partial charge in [-0.1, -0.05) is 24.3 Å². The first-order valence-corrected chi connectivity index (χ1v) is 6.05. The normalized spacial score (nSPS) is 11.9. The molecule has 0 bridgehead atoms. The molecule has 0 aliphatic carbocycles. The zero-order chi connectivity index (χ0) is 15.4. The third-order valence-corrected chi connectivity index (χ3v) is 2.09. The van der Waals surface area contributed by atoms with E-state index in [4.69, 9.17) is 4.74 Å². The Labute approximate surface area is 164 Å². The van der Waals surface area contributed by atoms with E-state index in [1.807, 2.05) is 0 Å². The molecule has 1 rings (SSSR count). The van der Waals surface area contributed by atoms with Gasteiger partial charge in [0.2, 0.25) is 0 Å². The summed E-state index contributed by atoms with van der Waals surface area (Å²) in [6.45, 7) is 0.0803. The molecule has 8 heteroatoms. The molecule has 0 fully saturated rings. The number of carbonyl (C=O) groups excluding carboxylic acids is 1. The molecule has 0 unspecified atom stereocenters. The van der Waals surface area contributed by atoms with Crippen molar-refractivity contribution in [3.8, 4) is 0 Å². The Kier molecular flexibility index (Phi) is 8.27. The molecule has 0 aliphatic rings. The third-order valence-electron chi connectivity index (χ3n) is 2.09. The predicted octanol–water partition coefficient (Wildman–Crippen LogP) is 1.44. The van der Waals surface area contributed by atoms with Crippen molar-refractivity contribution in [3.05, 3.63) is 35.8 Å². The van der Waals surface area contributed by atoms with Crippen molar-refractivity contribution in [2.45, 2.75) is 26.4 Å². The van der Waals surface area contributed by atoms with Crippen LogP contribution in [0.1, 0.15) is 26.3 Å². The van der Waals surface area contributed by atoms with Crippen LogP contribution in [0.2, 0.25) is 0 Å². The van der Waals surface area contributed by atoms with Crippen LogP contribution in [0.3, 0.4) is 0 Å². The first kappa shape index (κ1) is 20.7. The van der Waals surface area contributed by atoms with Crippen LogP contribution in [-0.4, -0.2) is 18.7 Å². The molecule has 0 saturated heterocycles. The molecule has 0 heterocycles. The number of para-hydroxylation sites is 1. The summed E-state index contributed by atoms with van der Waals surface area (Å²) >= 11 is 0. The second-order valence-corrected chi connectivity index (χ2v) is 5.20. The molecule has 0 aliphatic heterocycles. The van der Waals surface area contributed by atoms with Crippen LogP contribution in [0, 0.1) is 0 Å². The first-order valence-electron chi connectivity index (χ1n) is 6.05. The van der Waals surface area contributed by atoms with E-state index in [1.165, 1.54) is 12.1 Å². The summed E-state index contributed by atoms with van der Waals surface area (Å²) in [5.74, 6) is 0.176. The van der Waals surface area contributed by atoms with Gasteiger partial charge < -0.3 is 17.7 Å². The summed E-state index contributed by atoms with van der Waals surface area (Å²) in [5, 5.41) is 2.43. The fraction of sp³-hybridized carbons (Fsp3) is 0.308. The zero-order valence-electron chi connectivity index (χ0n) is 12.5. The number of hydrogen-bond acceptors (Lipinski definition) is 2. The fourth-order valence-corrected chi connectivity index (χ4v) is 1.38. The number of anilines is 1. The molecular formula is C13H16BF3KNO2. The smallest absolute Gasteiger partial charge is 0.445 e. The minimum absolute atomic E-state index is 0. The largest absolute Gasteiger partial charge is 1.00 e. The quantitative estimate of drug-likeness (QED) is 0.854. The van der Waals surface area contributed by atoms with Gasteiger partial charge in [0.1, 0.15) is 5.60 Å². The summed E-state index contributed by atoms with van der Waals surface area (Å²) < 4.78 is 41.7. The first-order chi connectivity index (χ1) is 9.07. The third kappa shape index (κ3) is 9.36. The van der Waals surface area contributed by atoms with E-state index in [1.54, 1.807) is 32.9 Å². The summed E-state index contributed by atoms with van der Waals surface area (Å²) in [7, 11) is 0. The van der Waals surface area contributed by atoms with Gasteiger partial charge in [0.25, 0.3) is 0 Å². The summed E-state index contributed by atoms with van der Waals surface area (Å²) in [6.07, 6.45) is 0.211. The van der Waals surface area contributed by atoms with Crippen LogP contribution in [0.4, 0.5) is 23.4 Å². The Morgan fingerprint density at radius 2 is 1.81 bits per heavy atom. The molecule has 0 atom stereocenters. The van der Waals surface area contributed by atoms with Gasteiger partial charge in [-0.2, -0.15) is 0 Å². The molecule has 1 aromatic rings. The molecule has 1 aromatic carbocycles. The van der Waals surface area contributed by atoms with Crippen LogP contribution >= 0.6 is 0 Å². The maximum atomic E-state index is 12.2. The van der Waals surface area contributed by atoms with E-state index in [9.17, 15) is 17.7 Å². The van der Waals surface area contributed by atoms with Gasteiger partial charge in [-0.3, -0.25) is 5.32 Å². The average Bonchev–Trinajstić information content (AvgIpc) is 2.24. The Morgan fingerprint density at radius 1 is 1.24 bits per heavy atom. The minimum Gasteiger partial charge on any atom is -0.445 e. The Balaban J connectivity index is 0.00000400. The molecular weight excluding hydrogens is 309 g/mol. The molecule has 0 spiro atoms. The van der Waals surface area contributed by atoms with E-state index < -0.39 is 18.7 Å². The number of hydrogen-bond donors (Lipinski definition) is 1. The number of amides is 1. The summed E-state index contributed by atoms with van der Waals surface area (Å²) in [6, 6.07) is 6.18.